The molecule has 33 heavy (non-hydrogen) atoms. The highest BCUT2D eigenvalue weighted by Gasteiger charge is 2.43. The van der Waals surface area contributed by atoms with Gasteiger partial charge in [0.25, 0.3) is 0 Å². The Morgan fingerprint density at radius 3 is 2.67 bits per heavy atom. The summed E-state index contributed by atoms with van der Waals surface area (Å²) in [6, 6.07) is 10.7. The number of benzene rings is 1. The molecule has 8 nitrogen and oxygen atoms in total. The van der Waals surface area contributed by atoms with E-state index in [-0.39, 0.29) is 6.10 Å². The third kappa shape index (κ3) is 4.03. The maximum Gasteiger partial charge on any atom is 0.242 e. The van der Waals surface area contributed by atoms with Gasteiger partial charge in [0.1, 0.15) is 17.9 Å². The van der Waals surface area contributed by atoms with E-state index in [4.69, 9.17) is 14.8 Å². The predicted molar refractivity (Wildman–Crippen MR) is 126 cm³/mol. The summed E-state index contributed by atoms with van der Waals surface area (Å²) in [5.74, 6) is 4.77. The normalized spacial score (nSPS) is 26.2. The van der Waals surface area contributed by atoms with Gasteiger partial charge in [0, 0.05) is 37.4 Å². The fourth-order valence-corrected chi connectivity index (χ4v) is 5.75. The van der Waals surface area contributed by atoms with E-state index in [1.165, 1.54) is 18.4 Å². The molecule has 8 heteroatoms. The van der Waals surface area contributed by atoms with Crippen LogP contribution in [0.2, 0.25) is 0 Å². The van der Waals surface area contributed by atoms with Crippen molar-refractivity contribution >= 4 is 11.8 Å². The van der Waals surface area contributed by atoms with Crippen LogP contribution in [-0.4, -0.2) is 43.9 Å². The molecule has 0 amide bonds. The number of fused-ring (bicyclic) bond motifs is 3. The number of aryl methyl sites for hydroxylation is 3. The first-order chi connectivity index (χ1) is 16.1. The highest BCUT2D eigenvalue weighted by molar-refractivity contribution is 5.41. The number of anilines is 2. The molecule has 2 aromatic heterocycles. The summed E-state index contributed by atoms with van der Waals surface area (Å²) in [6.45, 7) is 7.03. The summed E-state index contributed by atoms with van der Waals surface area (Å²) in [7, 11) is 0. The monoisotopic (exact) mass is 445 g/mol. The Balaban J connectivity index is 1.17. The zero-order valence-corrected chi connectivity index (χ0v) is 19.3. The summed E-state index contributed by atoms with van der Waals surface area (Å²) in [5.41, 5.74) is 2.22. The van der Waals surface area contributed by atoms with Gasteiger partial charge >= 0.3 is 0 Å². The largest absolute Gasteiger partial charge is 0.482 e. The van der Waals surface area contributed by atoms with Gasteiger partial charge in [0.15, 0.2) is 11.9 Å². The molecule has 2 fully saturated rings. The van der Waals surface area contributed by atoms with Gasteiger partial charge in [-0.15, -0.1) is 5.10 Å². The molecule has 1 N–H and O–H groups in total. The number of hydrogen-bond donors (Lipinski definition) is 1. The molecule has 0 spiro atoms. The molecule has 4 atom stereocenters. The number of hydrogen-bond acceptors (Lipinski definition) is 7. The van der Waals surface area contributed by atoms with Crippen LogP contribution in [-0.2, 0) is 6.54 Å². The van der Waals surface area contributed by atoms with Crippen LogP contribution in [0.5, 0.6) is 5.75 Å². The molecule has 3 aromatic rings. The average Bonchev–Trinajstić information content (AvgIpc) is 3.31. The minimum atomic E-state index is -0.0526. The molecule has 4 heterocycles. The molecule has 1 aliphatic carbocycles. The maximum atomic E-state index is 6.32. The Kier molecular flexibility index (Phi) is 5.15. The lowest BCUT2D eigenvalue weighted by atomic mass is 9.92. The second-order valence-electron chi connectivity index (χ2n) is 9.77. The Bertz CT molecular complexity index is 1130. The van der Waals surface area contributed by atoms with E-state index in [2.05, 4.69) is 45.3 Å². The smallest absolute Gasteiger partial charge is 0.242 e. The van der Waals surface area contributed by atoms with Crippen LogP contribution in [0.25, 0.3) is 0 Å². The molecule has 3 aliphatic rings. The highest BCUT2D eigenvalue weighted by Crippen LogP contribution is 2.40. The lowest BCUT2D eigenvalue weighted by Gasteiger charge is -2.38. The fraction of sp³-hybridized carbons (Fsp3) is 0.520. The number of nitrogens with zero attached hydrogens (tertiary/aromatic N) is 6. The summed E-state index contributed by atoms with van der Waals surface area (Å²) < 4.78 is 8.36. The highest BCUT2D eigenvalue weighted by atomic mass is 16.5. The van der Waals surface area contributed by atoms with Gasteiger partial charge < -0.3 is 15.0 Å². The molecule has 1 aromatic carbocycles. The van der Waals surface area contributed by atoms with Crippen LogP contribution in [0.15, 0.2) is 36.7 Å². The molecule has 2 aliphatic heterocycles. The van der Waals surface area contributed by atoms with Gasteiger partial charge in [-0.2, -0.15) is 4.98 Å². The molecule has 172 valence electrons. The van der Waals surface area contributed by atoms with Gasteiger partial charge in [0.2, 0.25) is 5.95 Å². The maximum absolute atomic E-state index is 6.32. The molecule has 3 unspecified atom stereocenters. The molecule has 6 rings (SSSR count). The van der Waals surface area contributed by atoms with E-state index in [9.17, 15) is 0 Å². The molecule has 1 saturated carbocycles. The summed E-state index contributed by atoms with van der Waals surface area (Å²) in [4.78, 5) is 16.1. The van der Waals surface area contributed by atoms with E-state index < -0.39 is 0 Å². The second-order valence-corrected chi connectivity index (χ2v) is 9.77. The third-order valence-electron chi connectivity index (χ3n) is 7.34. The van der Waals surface area contributed by atoms with Crippen molar-refractivity contribution in [3.63, 3.8) is 0 Å². The van der Waals surface area contributed by atoms with Crippen molar-refractivity contribution in [2.24, 2.45) is 11.8 Å². The quantitative estimate of drug-likeness (QED) is 0.637. The van der Waals surface area contributed by atoms with Gasteiger partial charge in [-0.25, -0.2) is 14.6 Å². The van der Waals surface area contributed by atoms with Gasteiger partial charge in [0.05, 0.1) is 0 Å². The van der Waals surface area contributed by atoms with Crippen LogP contribution >= 0.6 is 0 Å². The summed E-state index contributed by atoms with van der Waals surface area (Å²) >= 11 is 0. The summed E-state index contributed by atoms with van der Waals surface area (Å²) in [6.07, 6.45) is 6.10. The van der Waals surface area contributed by atoms with Crippen LogP contribution in [0.1, 0.15) is 48.9 Å². The number of ether oxygens (including phenoxy) is 1. The van der Waals surface area contributed by atoms with Crippen molar-refractivity contribution < 1.29 is 4.74 Å². The molecular weight excluding hydrogens is 414 g/mol. The summed E-state index contributed by atoms with van der Waals surface area (Å²) in [5, 5.41) is 8.54. The molecule has 0 radical (unpaired) electrons. The van der Waals surface area contributed by atoms with Crippen LogP contribution < -0.4 is 15.0 Å². The van der Waals surface area contributed by atoms with E-state index in [1.807, 2.05) is 23.7 Å². The van der Waals surface area contributed by atoms with Crippen molar-refractivity contribution in [2.75, 3.05) is 23.3 Å². The van der Waals surface area contributed by atoms with Gasteiger partial charge in [-0.3, -0.25) is 0 Å². The first kappa shape index (κ1) is 20.4. The average molecular weight is 446 g/mol. The Morgan fingerprint density at radius 1 is 1.03 bits per heavy atom. The first-order valence-corrected chi connectivity index (χ1v) is 12.1. The van der Waals surface area contributed by atoms with Crippen molar-refractivity contribution in [3.05, 3.63) is 53.7 Å². The SMILES string of the molecule is Cc1cccc(OC2CCCn3nc(NC4C5CC[C@@H]4CN(c4cc(C)ncn4)C5)nc32)c1. The van der Waals surface area contributed by atoms with E-state index >= 15 is 0 Å². The predicted octanol–water partition coefficient (Wildman–Crippen LogP) is 3.93. The van der Waals surface area contributed by atoms with Crippen LogP contribution in [0, 0.1) is 25.7 Å². The fourth-order valence-electron chi connectivity index (χ4n) is 5.75. The number of aromatic nitrogens is 5. The zero-order chi connectivity index (χ0) is 22.4. The van der Waals surface area contributed by atoms with E-state index in [0.717, 1.165) is 61.5 Å². The van der Waals surface area contributed by atoms with E-state index in [0.29, 0.717) is 17.9 Å². The Labute approximate surface area is 194 Å². The lowest BCUT2D eigenvalue weighted by Crippen LogP contribution is -2.48. The molecular formula is C25H31N7O. The topological polar surface area (TPSA) is 81.0 Å². The lowest BCUT2D eigenvalue weighted by molar-refractivity contribution is 0.155. The minimum absolute atomic E-state index is 0.0526. The standard InChI is InChI=1S/C25H31N7O/c1-16-5-3-6-20(11-16)33-21-7-4-10-32-24(21)29-25(30-32)28-23-18-8-9-19(23)14-31(13-18)22-12-17(2)26-15-27-22/h3,5-6,11-12,15,18-19,21,23H,4,7-10,13-14H2,1-2H3,(H,28,30)/t18-,19?,21?,23?/m1/s1. The Hall–Kier alpha value is -3.16. The van der Waals surface area contributed by atoms with Gasteiger partial charge in [-0.1, -0.05) is 12.1 Å². The van der Waals surface area contributed by atoms with Crippen molar-refractivity contribution in [2.45, 2.75) is 58.2 Å². The number of piperidine rings is 1. The number of rotatable bonds is 5. The third-order valence-corrected chi connectivity index (χ3v) is 7.34. The van der Waals surface area contributed by atoms with E-state index in [1.54, 1.807) is 6.33 Å². The van der Waals surface area contributed by atoms with Crippen molar-refractivity contribution in [1.29, 1.82) is 0 Å². The zero-order valence-electron chi connectivity index (χ0n) is 19.3. The van der Waals surface area contributed by atoms with Crippen molar-refractivity contribution in [3.8, 4) is 5.75 Å². The first-order valence-electron chi connectivity index (χ1n) is 12.1. The van der Waals surface area contributed by atoms with Crippen molar-refractivity contribution in [1.82, 2.24) is 24.7 Å². The second kappa shape index (κ2) is 8.32. The molecule has 1 saturated heterocycles. The molecule has 2 bridgehead atoms. The number of nitrogens with one attached hydrogen (secondary N) is 1. The Morgan fingerprint density at radius 2 is 1.88 bits per heavy atom. The minimum Gasteiger partial charge on any atom is -0.482 e. The van der Waals surface area contributed by atoms with Crippen LogP contribution in [0.4, 0.5) is 11.8 Å². The van der Waals surface area contributed by atoms with Crippen LogP contribution in [0.3, 0.4) is 0 Å². The van der Waals surface area contributed by atoms with Gasteiger partial charge in [-0.05, 0) is 69.1 Å².